The molecule has 0 fully saturated rings. The third-order valence-corrected chi connectivity index (χ3v) is 3.37. The van der Waals surface area contributed by atoms with Gasteiger partial charge in [-0.05, 0) is 20.0 Å². The third kappa shape index (κ3) is 3.78. The van der Waals surface area contributed by atoms with Crippen LogP contribution in [0.1, 0.15) is 29.0 Å². The van der Waals surface area contributed by atoms with Gasteiger partial charge in [0.05, 0.1) is 18.5 Å². The lowest BCUT2D eigenvalue weighted by Gasteiger charge is -2.13. The summed E-state index contributed by atoms with van der Waals surface area (Å²) < 4.78 is 8.22. The zero-order chi connectivity index (χ0) is 17.0. The van der Waals surface area contributed by atoms with Gasteiger partial charge in [-0.3, -0.25) is 9.48 Å². The van der Waals surface area contributed by atoms with Crippen molar-refractivity contribution in [3.8, 4) is 0 Å². The number of nitrogens with zero attached hydrogens (tertiary/aromatic N) is 3. The number of carbonyl (C=O) groups is 2. The molecule has 0 aliphatic carbocycles. The molecule has 2 aromatic rings. The Balaban J connectivity index is 2.13. The second-order valence-electron chi connectivity index (χ2n) is 5.10. The second-order valence-corrected chi connectivity index (χ2v) is 5.10. The van der Waals surface area contributed by atoms with Crippen LogP contribution in [0.5, 0.6) is 0 Å². The average Bonchev–Trinajstić information content (AvgIpc) is 3.06. The van der Waals surface area contributed by atoms with Gasteiger partial charge in [0.2, 0.25) is 5.91 Å². The van der Waals surface area contributed by atoms with Crippen molar-refractivity contribution in [1.29, 1.82) is 0 Å². The van der Waals surface area contributed by atoms with Crippen LogP contribution in [0, 0.1) is 0 Å². The summed E-state index contributed by atoms with van der Waals surface area (Å²) in [5.41, 5.74) is 1.67. The number of hydrogen-bond donors (Lipinski definition) is 2. The van der Waals surface area contributed by atoms with Crippen LogP contribution in [0.25, 0.3) is 0 Å². The molecule has 1 amide bonds. The van der Waals surface area contributed by atoms with Gasteiger partial charge in [0, 0.05) is 32.1 Å². The van der Waals surface area contributed by atoms with Crippen molar-refractivity contribution in [3.05, 3.63) is 35.9 Å². The van der Waals surface area contributed by atoms with Crippen LogP contribution in [0.2, 0.25) is 0 Å². The predicted molar refractivity (Wildman–Crippen MR) is 85.0 cm³/mol. The maximum Gasteiger partial charge on any atom is 0.355 e. The molecule has 2 N–H and O–H groups in total. The molecule has 2 heterocycles. The minimum atomic E-state index is -0.532. The van der Waals surface area contributed by atoms with Gasteiger partial charge in [0.1, 0.15) is 11.7 Å². The van der Waals surface area contributed by atoms with E-state index in [4.69, 9.17) is 4.74 Å². The number of amides is 1. The maximum absolute atomic E-state index is 12.4. The molecule has 0 radical (unpaired) electrons. The Morgan fingerprint density at radius 2 is 2.09 bits per heavy atom. The SMILES string of the molecule is CCOC(=O)c1cc(NC(=O)C(NC)c2cnn(C)c2)cn1C. The molecule has 2 aromatic heterocycles. The monoisotopic (exact) mass is 319 g/mol. The molecular formula is C15H21N5O3. The molecule has 0 saturated heterocycles. The molecule has 8 nitrogen and oxygen atoms in total. The molecule has 0 spiro atoms. The number of aryl methyl sites for hydroxylation is 2. The highest BCUT2D eigenvalue weighted by Gasteiger charge is 2.21. The Kier molecular flexibility index (Phi) is 5.17. The number of esters is 1. The summed E-state index contributed by atoms with van der Waals surface area (Å²) >= 11 is 0. The van der Waals surface area contributed by atoms with E-state index in [1.807, 2.05) is 0 Å². The number of carbonyl (C=O) groups excluding carboxylic acids is 2. The smallest absolute Gasteiger partial charge is 0.355 e. The average molecular weight is 319 g/mol. The number of anilines is 1. The molecule has 124 valence electrons. The van der Waals surface area contributed by atoms with Gasteiger partial charge in [-0.1, -0.05) is 0 Å². The van der Waals surface area contributed by atoms with Crippen molar-refractivity contribution in [2.75, 3.05) is 19.0 Å². The Morgan fingerprint density at radius 1 is 1.35 bits per heavy atom. The highest BCUT2D eigenvalue weighted by molar-refractivity contribution is 5.97. The molecule has 1 atom stereocenters. The Labute approximate surface area is 134 Å². The maximum atomic E-state index is 12.4. The highest BCUT2D eigenvalue weighted by Crippen LogP contribution is 2.18. The summed E-state index contributed by atoms with van der Waals surface area (Å²) in [6.45, 7) is 2.05. The first kappa shape index (κ1) is 16.8. The van der Waals surface area contributed by atoms with Gasteiger partial charge in [0.15, 0.2) is 0 Å². The van der Waals surface area contributed by atoms with E-state index >= 15 is 0 Å². The molecule has 23 heavy (non-hydrogen) atoms. The minimum absolute atomic E-state index is 0.235. The lowest BCUT2D eigenvalue weighted by molar-refractivity contribution is -0.118. The number of hydrogen-bond acceptors (Lipinski definition) is 5. The summed E-state index contributed by atoms with van der Waals surface area (Å²) in [6, 6.07) is 1.06. The lowest BCUT2D eigenvalue weighted by atomic mass is 10.1. The van der Waals surface area contributed by atoms with Crippen LogP contribution < -0.4 is 10.6 Å². The Morgan fingerprint density at radius 3 is 2.65 bits per heavy atom. The van der Waals surface area contributed by atoms with E-state index < -0.39 is 12.0 Å². The van der Waals surface area contributed by atoms with Gasteiger partial charge in [-0.15, -0.1) is 0 Å². The van der Waals surface area contributed by atoms with Crippen LogP contribution in [0.4, 0.5) is 5.69 Å². The molecule has 0 aliphatic rings. The van der Waals surface area contributed by atoms with Crippen molar-refractivity contribution in [2.45, 2.75) is 13.0 Å². The lowest BCUT2D eigenvalue weighted by Crippen LogP contribution is -2.30. The molecule has 0 bridgehead atoms. The van der Waals surface area contributed by atoms with Crippen molar-refractivity contribution in [1.82, 2.24) is 19.7 Å². The van der Waals surface area contributed by atoms with E-state index in [9.17, 15) is 9.59 Å². The van der Waals surface area contributed by atoms with Crippen LogP contribution in [0.3, 0.4) is 0 Å². The summed E-state index contributed by atoms with van der Waals surface area (Å²) in [5.74, 6) is -0.658. The molecule has 2 rings (SSSR count). The van der Waals surface area contributed by atoms with Crippen LogP contribution in [-0.2, 0) is 23.6 Å². The first-order valence-electron chi connectivity index (χ1n) is 7.26. The summed E-state index contributed by atoms with van der Waals surface area (Å²) in [5, 5.41) is 9.81. The van der Waals surface area contributed by atoms with Crippen molar-refractivity contribution >= 4 is 17.6 Å². The van der Waals surface area contributed by atoms with E-state index in [2.05, 4.69) is 15.7 Å². The number of ether oxygens (including phenoxy) is 1. The quantitative estimate of drug-likeness (QED) is 0.770. The van der Waals surface area contributed by atoms with Gasteiger partial charge in [0.25, 0.3) is 0 Å². The first-order chi connectivity index (χ1) is 11.0. The Bertz CT molecular complexity index is 704. The van der Waals surface area contributed by atoms with E-state index in [-0.39, 0.29) is 5.91 Å². The number of nitrogens with one attached hydrogen (secondary N) is 2. The topological polar surface area (TPSA) is 90.2 Å². The van der Waals surface area contributed by atoms with Gasteiger partial charge < -0.3 is 19.9 Å². The van der Waals surface area contributed by atoms with E-state index in [1.54, 1.807) is 62.0 Å². The van der Waals surface area contributed by atoms with Crippen molar-refractivity contribution < 1.29 is 14.3 Å². The number of rotatable bonds is 6. The van der Waals surface area contributed by atoms with E-state index in [0.29, 0.717) is 18.0 Å². The first-order valence-corrected chi connectivity index (χ1v) is 7.26. The fourth-order valence-corrected chi connectivity index (χ4v) is 2.29. The summed E-state index contributed by atoms with van der Waals surface area (Å²) in [6.07, 6.45) is 5.08. The van der Waals surface area contributed by atoms with Gasteiger partial charge >= 0.3 is 5.97 Å². The van der Waals surface area contributed by atoms with Crippen molar-refractivity contribution in [3.63, 3.8) is 0 Å². The number of aromatic nitrogens is 3. The minimum Gasteiger partial charge on any atom is -0.461 e. The van der Waals surface area contributed by atoms with Crippen LogP contribution >= 0.6 is 0 Å². The van der Waals surface area contributed by atoms with E-state index in [1.165, 1.54) is 0 Å². The zero-order valence-corrected chi connectivity index (χ0v) is 13.7. The molecule has 1 unspecified atom stereocenters. The largest absolute Gasteiger partial charge is 0.461 e. The number of likely N-dealkylation sites (N-methyl/N-ethyl adjacent to an activating group) is 1. The summed E-state index contributed by atoms with van der Waals surface area (Å²) in [4.78, 5) is 24.2. The predicted octanol–water partition coefficient (Wildman–Crippen LogP) is 0.834. The molecule has 0 aliphatic heterocycles. The molecular weight excluding hydrogens is 298 g/mol. The second kappa shape index (κ2) is 7.10. The third-order valence-electron chi connectivity index (χ3n) is 3.37. The summed E-state index contributed by atoms with van der Waals surface area (Å²) in [7, 11) is 5.21. The zero-order valence-electron chi connectivity index (χ0n) is 13.7. The van der Waals surface area contributed by atoms with Gasteiger partial charge in [-0.25, -0.2) is 4.79 Å². The normalized spacial score (nSPS) is 12.0. The fraction of sp³-hybridized carbons (Fsp3) is 0.400. The highest BCUT2D eigenvalue weighted by atomic mass is 16.5. The molecule has 0 aromatic carbocycles. The van der Waals surface area contributed by atoms with Gasteiger partial charge in [-0.2, -0.15) is 5.10 Å². The molecule has 8 heteroatoms. The van der Waals surface area contributed by atoms with Crippen molar-refractivity contribution in [2.24, 2.45) is 14.1 Å². The van der Waals surface area contributed by atoms with Crippen LogP contribution in [-0.4, -0.2) is 39.9 Å². The standard InChI is InChI=1S/C15H21N5O3/c1-5-23-15(22)12-6-11(9-19(12)3)18-14(21)13(16-2)10-7-17-20(4)8-10/h6-9,13,16H,5H2,1-4H3,(H,18,21). The Hall–Kier alpha value is -2.61. The van der Waals surface area contributed by atoms with E-state index in [0.717, 1.165) is 5.56 Å². The van der Waals surface area contributed by atoms with Crippen LogP contribution in [0.15, 0.2) is 24.7 Å². The fourth-order valence-electron chi connectivity index (χ4n) is 2.29. The molecule has 0 saturated carbocycles.